The van der Waals surface area contributed by atoms with Gasteiger partial charge in [0, 0.05) is 24.6 Å². The van der Waals surface area contributed by atoms with E-state index in [4.69, 9.17) is 0 Å². The van der Waals surface area contributed by atoms with E-state index in [9.17, 15) is 14.0 Å². The Morgan fingerprint density at radius 3 is 2.56 bits per heavy atom. The summed E-state index contributed by atoms with van der Waals surface area (Å²) >= 11 is 0. The molecule has 0 saturated carbocycles. The van der Waals surface area contributed by atoms with Gasteiger partial charge in [-0.2, -0.15) is 0 Å². The molecule has 0 bridgehead atoms. The zero-order valence-electron chi connectivity index (χ0n) is 18.8. The third-order valence-corrected chi connectivity index (χ3v) is 6.53. The SMILES string of the molecule is CC(C(=O)N1CCC(c2nc3c(nnn3Cc3ccccc3F)c(=O)[nH]2)CC1)c1ccccc1. The first-order chi connectivity index (χ1) is 16.5. The number of carbonyl (C=O) groups excluding carboxylic acids is 1. The first-order valence-electron chi connectivity index (χ1n) is 11.4. The fourth-order valence-corrected chi connectivity index (χ4v) is 4.50. The molecule has 34 heavy (non-hydrogen) atoms. The number of fused-ring (bicyclic) bond motifs is 1. The van der Waals surface area contributed by atoms with Gasteiger partial charge in [0.1, 0.15) is 11.6 Å². The monoisotopic (exact) mass is 460 g/mol. The Morgan fingerprint density at radius 2 is 1.82 bits per heavy atom. The number of hydrogen-bond donors (Lipinski definition) is 1. The van der Waals surface area contributed by atoms with E-state index in [1.54, 1.807) is 18.2 Å². The summed E-state index contributed by atoms with van der Waals surface area (Å²) in [7, 11) is 0. The van der Waals surface area contributed by atoms with Gasteiger partial charge in [-0.1, -0.05) is 53.7 Å². The molecule has 3 heterocycles. The molecule has 0 aliphatic carbocycles. The first-order valence-corrected chi connectivity index (χ1v) is 11.4. The van der Waals surface area contributed by atoms with Crippen molar-refractivity contribution in [3.8, 4) is 0 Å². The molecule has 2 aromatic heterocycles. The number of amides is 1. The van der Waals surface area contributed by atoms with E-state index < -0.39 is 0 Å². The summed E-state index contributed by atoms with van der Waals surface area (Å²) in [6.07, 6.45) is 1.38. The number of rotatable bonds is 5. The Bertz CT molecular complexity index is 1380. The van der Waals surface area contributed by atoms with Gasteiger partial charge in [0.15, 0.2) is 11.2 Å². The number of hydrogen-bond acceptors (Lipinski definition) is 5. The second-order valence-electron chi connectivity index (χ2n) is 8.69. The van der Waals surface area contributed by atoms with Gasteiger partial charge < -0.3 is 9.88 Å². The summed E-state index contributed by atoms with van der Waals surface area (Å²) < 4.78 is 15.6. The van der Waals surface area contributed by atoms with Gasteiger partial charge in [0.05, 0.1) is 12.5 Å². The van der Waals surface area contributed by atoms with Crippen LogP contribution in [0.5, 0.6) is 0 Å². The van der Waals surface area contributed by atoms with Crippen LogP contribution in [-0.4, -0.2) is 48.9 Å². The lowest BCUT2D eigenvalue weighted by Crippen LogP contribution is -2.40. The number of benzene rings is 2. The number of halogens is 1. The van der Waals surface area contributed by atoms with Gasteiger partial charge in [0.25, 0.3) is 5.56 Å². The van der Waals surface area contributed by atoms with Crippen LogP contribution in [0.15, 0.2) is 59.4 Å². The second-order valence-corrected chi connectivity index (χ2v) is 8.69. The van der Waals surface area contributed by atoms with Gasteiger partial charge in [-0.05, 0) is 31.4 Å². The molecular formula is C25H25FN6O2. The number of aromatic amines is 1. The maximum atomic E-state index is 14.1. The summed E-state index contributed by atoms with van der Waals surface area (Å²) in [6, 6.07) is 16.2. The highest BCUT2D eigenvalue weighted by Crippen LogP contribution is 2.28. The maximum Gasteiger partial charge on any atom is 0.281 e. The van der Waals surface area contributed by atoms with Crippen molar-refractivity contribution in [3.05, 3.63) is 87.7 Å². The minimum atomic E-state index is -0.365. The van der Waals surface area contributed by atoms with Crippen molar-refractivity contribution >= 4 is 17.1 Å². The molecule has 1 N–H and O–H groups in total. The van der Waals surface area contributed by atoms with Crippen LogP contribution < -0.4 is 5.56 Å². The molecule has 1 saturated heterocycles. The van der Waals surface area contributed by atoms with Gasteiger partial charge in [-0.3, -0.25) is 9.59 Å². The minimum absolute atomic E-state index is 0.00462. The Hall–Kier alpha value is -3.88. The van der Waals surface area contributed by atoms with Crippen molar-refractivity contribution in [2.24, 2.45) is 0 Å². The number of nitrogens with zero attached hydrogens (tertiary/aromatic N) is 5. The molecule has 1 unspecified atom stereocenters. The second kappa shape index (κ2) is 9.17. The van der Waals surface area contributed by atoms with Crippen LogP contribution >= 0.6 is 0 Å². The summed E-state index contributed by atoms with van der Waals surface area (Å²) in [4.78, 5) is 35.0. The van der Waals surface area contributed by atoms with Crippen LogP contribution in [0.25, 0.3) is 11.2 Å². The fourth-order valence-electron chi connectivity index (χ4n) is 4.50. The summed E-state index contributed by atoms with van der Waals surface area (Å²) in [5.41, 5.74) is 1.54. The lowest BCUT2D eigenvalue weighted by molar-refractivity contribution is -0.133. The van der Waals surface area contributed by atoms with Gasteiger partial charge >= 0.3 is 0 Å². The normalized spacial score (nSPS) is 15.5. The molecule has 0 radical (unpaired) electrons. The van der Waals surface area contributed by atoms with Crippen molar-refractivity contribution in [2.75, 3.05) is 13.1 Å². The lowest BCUT2D eigenvalue weighted by atomic mass is 9.93. The molecule has 1 aliphatic rings. The van der Waals surface area contributed by atoms with Crippen LogP contribution in [0.3, 0.4) is 0 Å². The predicted octanol–water partition coefficient (Wildman–Crippen LogP) is 3.21. The lowest BCUT2D eigenvalue weighted by Gasteiger charge is -2.33. The van der Waals surface area contributed by atoms with E-state index in [2.05, 4.69) is 20.3 Å². The Morgan fingerprint density at radius 1 is 1.12 bits per heavy atom. The van der Waals surface area contributed by atoms with Crippen molar-refractivity contribution < 1.29 is 9.18 Å². The highest BCUT2D eigenvalue weighted by Gasteiger charge is 2.29. The number of aromatic nitrogens is 5. The van der Waals surface area contributed by atoms with Gasteiger partial charge in [-0.15, -0.1) is 5.10 Å². The van der Waals surface area contributed by atoms with Crippen LogP contribution in [0.4, 0.5) is 4.39 Å². The average molecular weight is 461 g/mol. The molecule has 1 atom stereocenters. The standard InChI is InChI=1S/C25H25FN6O2/c1-16(17-7-3-2-4-8-17)25(34)31-13-11-18(12-14-31)22-27-23-21(24(33)28-22)29-30-32(23)15-19-9-5-6-10-20(19)26/h2-10,16,18H,11-15H2,1H3,(H,27,28,33). The maximum absolute atomic E-state index is 14.1. The largest absolute Gasteiger partial charge is 0.342 e. The minimum Gasteiger partial charge on any atom is -0.342 e. The van der Waals surface area contributed by atoms with Crippen LogP contribution in [0, 0.1) is 5.82 Å². The van der Waals surface area contributed by atoms with Gasteiger partial charge in [0.2, 0.25) is 5.91 Å². The summed E-state index contributed by atoms with van der Waals surface area (Å²) in [5.74, 6) is 0.111. The third-order valence-electron chi connectivity index (χ3n) is 6.53. The fraction of sp³-hybridized carbons (Fsp3) is 0.320. The molecule has 9 heteroatoms. The molecule has 174 valence electrons. The smallest absolute Gasteiger partial charge is 0.281 e. The van der Waals surface area contributed by atoms with E-state index in [1.165, 1.54) is 10.7 Å². The third kappa shape index (κ3) is 4.21. The van der Waals surface area contributed by atoms with E-state index in [-0.39, 0.29) is 41.2 Å². The van der Waals surface area contributed by atoms with Crippen molar-refractivity contribution in [1.82, 2.24) is 29.9 Å². The molecular weight excluding hydrogens is 435 g/mol. The van der Waals surface area contributed by atoms with Crippen molar-refractivity contribution in [3.63, 3.8) is 0 Å². The van der Waals surface area contributed by atoms with Crippen LogP contribution in [0.1, 0.15) is 48.6 Å². The summed E-state index contributed by atoms with van der Waals surface area (Å²) in [6.45, 7) is 3.24. The zero-order chi connectivity index (χ0) is 23.7. The van der Waals surface area contributed by atoms with E-state index in [1.807, 2.05) is 42.2 Å². The predicted molar refractivity (Wildman–Crippen MR) is 125 cm³/mol. The van der Waals surface area contributed by atoms with E-state index in [0.717, 1.165) is 5.56 Å². The average Bonchev–Trinajstić information content (AvgIpc) is 3.28. The Labute approximate surface area is 195 Å². The van der Waals surface area contributed by atoms with E-state index >= 15 is 0 Å². The first kappa shape index (κ1) is 21.9. The number of carbonyl (C=O) groups is 1. The van der Waals surface area contributed by atoms with Crippen LogP contribution in [0.2, 0.25) is 0 Å². The summed E-state index contributed by atoms with van der Waals surface area (Å²) in [5, 5.41) is 7.97. The highest BCUT2D eigenvalue weighted by atomic mass is 19.1. The molecule has 2 aromatic carbocycles. The van der Waals surface area contributed by atoms with E-state index in [0.29, 0.717) is 43.0 Å². The molecule has 8 nitrogen and oxygen atoms in total. The molecule has 5 rings (SSSR count). The molecule has 4 aromatic rings. The topological polar surface area (TPSA) is 96.8 Å². The Balaban J connectivity index is 1.33. The van der Waals surface area contributed by atoms with Crippen molar-refractivity contribution in [2.45, 2.75) is 38.1 Å². The highest BCUT2D eigenvalue weighted by molar-refractivity contribution is 5.83. The number of nitrogens with one attached hydrogen (secondary N) is 1. The number of likely N-dealkylation sites (tertiary alicyclic amines) is 1. The molecule has 0 spiro atoms. The Kier molecular flexibility index (Phi) is 5.91. The number of H-pyrrole nitrogens is 1. The van der Waals surface area contributed by atoms with Gasteiger partial charge in [-0.25, -0.2) is 14.1 Å². The zero-order valence-corrected chi connectivity index (χ0v) is 18.8. The molecule has 1 amide bonds. The molecule has 1 fully saturated rings. The van der Waals surface area contributed by atoms with Crippen LogP contribution in [-0.2, 0) is 11.3 Å². The van der Waals surface area contributed by atoms with Crippen molar-refractivity contribution in [1.29, 1.82) is 0 Å². The quantitative estimate of drug-likeness (QED) is 0.493. The number of piperidine rings is 1. The molecule has 1 aliphatic heterocycles.